The number of rotatable bonds is 8. The van der Waals surface area contributed by atoms with Crippen LogP contribution in [-0.2, 0) is 14.3 Å². The highest BCUT2D eigenvalue weighted by molar-refractivity contribution is 5.90. The second-order valence-corrected chi connectivity index (χ2v) is 4.37. The molecule has 6 heteroatoms. The van der Waals surface area contributed by atoms with Crippen molar-refractivity contribution < 1.29 is 28.5 Å². The minimum atomic E-state index is -0.718. The molecule has 1 atom stereocenters. The Hall–Kier alpha value is -2.34. The molecule has 120 valence electrons. The van der Waals surface area contributed by atoms with Crippen molar-refractivity contribution in [3.8, 4) is 11.5 Å². The molecule has 0 radical (unpaired) electrons. The monoisotopic (exact) mass is 308 g/mol. The van der Waals surface area contributed by atoms with Crippen LogP contribution in [-0.4, -0.2) is 38.9 Å². The Morgan fingerprint density at radius 1 is 1.27 bits per heavy atom. The topological polar surface area (TPSA) is 71.1 Å². The van der Waals surface area contributed by atoms with Crippen LogP contribution < -0.4 is 9.47 Å². The van der Waals surface area contributed by atoms with Gasteiger partial charge in [0.25, 0.3) is 0 Å². The summed E-state index contributed by atoms with van der Waals surface area (Å²) in [5, 5.41) is 0. The zero-order chi connectivity index (χ0) is 16.5. The van der Waals surface area contributed by atoms with E-state index in [2.05, 4.69) is 11.3 Å². The highest BCUT2D eigenvalue weighted by Gasteiger charge is 2.19. The molecule has 0 aliphatic heterocycles. The summed E-state index contributed by atoms with van der Waals surface area (Å²) >= 11 is 0. The normalized spacial score (nSPS) is 11.4. The molecule has 1 aromatic carbocycles. The molecule has 0 fully saturated rings. The van der Waals surface area contributed by atoms with E-state index < -0.39 is 18.0 Å². The summed E-state index contributed by atoms with van der Waals surface area (Å²) in [6, 6.07) is 4.40. The molecule has 1 aromatic rings. The van der Waals surface area contributed by atoms with Crippen LogP contribution in [0.5, 0.6) is 11.5 Å². The van der Waals surface area contributed by atoms with Gasteiger partial charge in [-0.3, -0.25) is 0 Å². The van der Waals surface area contributed by atoms with E-state index in [0.29, 0.717) is 18.6 Å². The van der Waals surface area contributed by atoms with Crippen molar-refractivity contribution >= 4 is 11.9 Å². The standard InChI is InChI=1S/C16H20O6/c1-5-6-9-21-11(2)15(17)22-13-8-7-12(16(18)20-4)10-14(13)19-3/h5,7-8,10-11H,1,6,9H2,2-4H3. The molecule has 0 aromatic heterocycles. The number of carbonyl (C=O) groups excluding carboxylic acids is 2. The first-order chi connectivity index (χ1) is 10.5. The second kappa shape index (κ2) is 8.84. The average molecular weight is 308 g/mol. The molecule has 0 aliphatic carbocycles. The van der Waals surface area contributed by atoms with Crippen LogP contribution in [0.4, 0.5) is 0 Å². The molecule has 0 bridgehead atoms. The van der Waals surface area contributed by atoms with Gasteiger partial charge in [0.1, 0.15) is 0 Å². The number of hydrogen-bond acceptors (Lipinski definition) is 6. The maximum absolute atomic E-state index is 11.9. The van der Waals surface area contributed by atoms with Crippen LogP contribution >= 0.6 is 0 Å². The highest BCUT2D eigenvalue weighted by Crippen LogP contribution is 2.28. The van der Waals surface area contributed by atoms with Gasteiger partial charge in [0.05, 0.1) is 26.4 Å². The van der Waals surface area contributed by atoms with E-state index in [1.165, 1.54) is 32.4 Å². The largest absolute Gasteiger partial charge is 0.493 e. The van der Waals surface area contributed by atoms with Crippen molar-refractivity contribution in [2.24, 2.45) is 0 Å². The van der Waals surface area contributed by atoms with Crippen molar-refractivity contribution in [1.82, 2.24) is 0 Å². The Balaban J connectivity index is 2.77. The van der Waals surface area contributed by atoms with E-state index in [1.807, 2.05) is 0 Å². The summed E-state index contributed by atoms with van der Waals surface area (Å²) in [6.07, 6.45) is 1.63. The molecule has 0 saturated heterocycles. The predicted octanol–water partition coefficient (Wildman–Crippen LogP) is 2.37. The molecule has 0 spiro atoms. The number of benzene rings is 1. The molecule has 6 nitrogen and oxygen atoms in total. The zero-order valence-electron chi connectivity index (χ0n) is 13.0. The molecule has 0 saturated carbocycles. The van der Waals surface area contributed by atoms with Crippen molar-refractivity contribution in [3.05, 3.63) is 36.4 Å². The lowest BCUT2D eigenvalue weighted by Crippen LogP contribution is -2.26. The minimum Gasteiger partial charge on any atom is -0.493 e. The number of esters is 2. The fourth-order valence-corrected chi connectivity index (χ4v) is 1.58. The molecular weight excluding hydrogens is 288 g/mol. The third-order valence-corrected chi connectivity index (χ3v) is 2.82. The minimum absolute atomic E-state index is 0.208. The highest BCUT2D eigenvalue weighted by atomic mass is 16.6. The zero-order valence-corrected chi connectivity index (χ0v) is 13.0. The van der Waals surface area contributed by atoms with Gasteiger partial charge in [-0.25, -0.2) is 9.59 Å². The molecule has 0 heterocycles. The van der Waals surface area contributed by atoms with E-state index in [9.17, 15) is 9.59 Å². The lowest BCUT2D eigenvalue weighted by molar-refractivity contribution is -0.146. The Bertz CT molecular complexity index is 537. The SMILES string of the molecule is C=CCCOC(C)C(=O)Oc1ccc(C(=O)OC)cc1OC. The van der Waals surface area contributed by atoms with Crippen LogP contribution in [0.3, 0.4) is 0 Å². The number of hydrogen-bond donors (Lipinski definition) is 0. The summed E-state index contributed by atoms with van der Waals surface area (Å²) in [7, 11) is 2.70. The summed E-state index contributed by atoms with van der Waals surface area (Å²) < 4.78 is 20.3. The van der Waals surface area contributed by atoms with Crippen LogP contribution in [0.1, 0.15) is 23.7 Å². The van der Waals surface area contributed by atoms with Crippen molar-refractivity contribution in [2.75, 3.05) is 20.8 Å². The smallest absolute Gasteiger partial charge is 0.340 e. The predicted molar refractivity (Wildman–Crippen MR) is 80.2 cm³/mol. The second-order valence-electron chi connectivity index (χ2n) is 4.37. The third-order valence-electron chi connectivity index (χ3n) is 2.82. The number of ether oxygens (including phenoxy) is 4. The van der Waals surface area contributed by atoms with E-state index in [0.717, 1.165) is 0 Å². The lowest BCUT2D eigenvalue weighted by atomic mass is 10.2. The van der Waals surface area contributed by atoms with Crippen LogP contribution in [0.2, 0.25) is 0 Å². The Labute approximate surface area is 129 Å². The molecule has 1 rings (SSSR count). The Morgan fingerprint density at radius 2 is 2.00 bits per heavy atom. The van der Waals surface area contributed by atoms with Gasteiger partial charge in [0.2, 0.25) is 0 Å². The summed E-state index contributed by atoms with van der Waals surface area (Å²) in [4.78, 5) is 23.4. The quantitative estimate of drug-likeness (QED) is 0.318. The van der Waals surface area contributed by atoms with Gasteiger partial charge in [-0.15, -0.1) is 6.58 Å². The molecule has 0 amide bonds. The van der Waals surface area contributed by atoms with Crippen molar-refractivity contribution in [1.29, 1.82) is 0 Å². The molecule has 0 aliphatic rings. The maximum atomic E-state index is 11.9. The summed E-state index contributed by atoms with van der Waals surface area (Å²) in [6.45, 7) is 5.56. The third kappa shape index (κ3) is 4.89. The van der Waals surface area contributed by atoms with Gasteiger partial charge in [0, 0.05) is 0 Å². The summed E-state index contributed by atoms with van der Waals surface area (Å²) in [5.41, 5.74) is 0.300. The van der Waals surface area contributed by atoms with Crippen LogP contribution in [0, 0.1) is 0 Å². The summed E-state index contributed by atoms with van der Waals surface area (Å²) in [5.74, 6) is -0.584. The first-order valence-corrected chi connectivity index (χ1v) is 6.74. The Morgan fingerprint density at radius 3 is 2.59 bits per heavy atom. The van der Waals surface area contributed by atoms with Gasteiger partial charge in [0.15, 0.2) is 17.6 Å². The van der Waals surface area contributed by atoms with E-state index >= 15 is 0 Å². The number of methoxy groups -OCH3 is 2. The van der Waals surface area contributed by atoms with Gasteiger partial charge >= 0.3 is 11.9 Å². The van der Waals surface area contributed by atoms with Gasteiger partial charge in [-0.05, 0) is 31.5 Å². The van der Waals surface area contributed by atoms with E-state index in [4.69, 9.17) is 14.2 Å². The van der Waals surface area contributed by atoms with E-state index in [-0.39, 0.29) is 11.5 Å². The lowest BCUT2D eigenvalue weighted by Gasteiger charge is -2.14. The van der Waals surface area contributed by atoms with Gasteiger partial charge in [-0.1, -0.05) is 6.08 Å². The van der Waals surface area contributed by atoms with Crippen LogP contribution in [0.25, 0.3) is 0 Å². The van der Waals surface area contributed by atoms with E-state index in [1.54, 1.807) is 13.0 Å². The first-order valence-electron chi connectivity index (χ1n) is 6.74. The average Bonchev–Trinajstić information content (AvgIpc) is 2.54. The van der Waals surface area contributed by atoms with Gasteiger partial charge in [-0.2, -0.15) is 0 Å². The maximum Gasteiger partial charge on any atom is 0.340 e. The van der Waals surface area contributed by atoms with Crippen molar-refractivity contribution in [2.45, 2.75) is 19.4 Å². The fraction of sp³-hybridized carbons (Fsp3) is 0.375. The fourth-order valence-electron chi connectivity index (χ4n) is 1.58. The molecule has 0 N–H and O–H groups in total. The number of carbonyl (C=O) groups is 2. The van der Waals surface area contributed by atoms with Crippen molar-refractivity contribution in [3.63, 3.8) is 0 Å². The molecule has 22 heavy (non-hydrogen) atoms. The first kappa shape index (κ1) is 17.7. The molecule has 1 unspecified atom stereocenters. The van der Waals surface area contributed by atoms with Crippen LogP contribution in [0.15, 0.2) is 30.9 Å². The van der Waals surface area contributed by atoms with Gasteiger partial charge < -0.3 is 18.9 Å². The Kier molecular flexibility index (Phi) is 7.12. The molecular formula is C16H20O6.